The molecule has 1 aliphatic heterocycles. The predicted molar refractivity (Wildman–Crippen MR) is 132 cm³/mol. The zero-order valence-electron chi connectivity index (χ0n) is 20.5. The van der Waals surface area contributed by atoms with Crippen molar-refractivity contribution in [1.29, 1.82) is 0 Å². The molecule has 2 aromatic rings. The third-order valence-electron chi connectivity index (χ3n) is 8.08. The Kier molecular flexibility index (Phi) is 6.20. The van der Waals surface area contributed by atoms with E-state index in [-0.39, 0.29) is 23.3 Å². The van der Waals surface area contributed by atoms with E-state index in [0.29, 0.717) is 36.0 Å². The van der Waals surface area contributed by atoms with Crippen LogP contribution in [0.25, 0.3) is 5.65 Å². The highest BCUT2D eigenvalue weighted by atomic mass is 16.2. The summed E-state index contributed by atoms with van der Waals surface area (Å²) >= 11 is 0. The maximum Gasteiger partial charge on any atom is 0.273 e. The number of amides is 2. The van der Waals surface area contributed by atoms with Crippen molar-refractivity contribution in [2.45, 2.75) is 31.7 Å². The van der Waals surface area contributed by atoms with Gasteiger partial charge in [-0.25, -0.2) is 4.98 Å². The van der Waals surface area contributed by atoms with Crippen molar-refractivity contribution in [2.75, 3.05) is 53.9 Å². The summed E-state index contributed by atoms with van der Waals surface area (Å²) < 4.78 is 1.74. The van der Waals surface area contributed by atoms with E-state index in [9.17, 15) is 9.59 Å². The fourth-order valence-electron chi connectivity index (χ4n) is 5.90. The van der Waals surface area contributed by atoms with Gasteiger partial charge in [0.1, 0.15) is 17.0 Å². The van der Waals surface area contributed by atoms with Gasteiger partial charge in [0.2, 0.25) is 0 Å². The topological polar surface area (TPSA) is 73.2 Å². The van der Waals surface area contributed by atoms with Crippen molar-refractivity contribution in [3.8, 4) is 0 Å². The second-order valence-corrected chi connectivity index (χ2v) is 10.7. The van der Waals surface area contributed by atoms with Gasteiger partial charge in [0.25, 0.3) is 11.8 Å². The number of carbonyl (C=O) groups excluding carboxylic acids is 2. The number of nitrogens with zero attached hydrogens (tertiary/aromatic N) is 5. The molecule has 8 heteroatoms. The van der Waals surface area contributed by atoms with Crippen LogP contribution in [0.2, 0.25) is 0 Å². The van der Waals surface area contributed by atoms with Crippen molar-refractivity contribution < 1.29 is 9.59 Å². The van der Waals surface area contributed by atoms with E-state index in [0.717, 1.165) is 38.9 Å². The highest BCUT2D eigenvalue weighted by Gasteiger charge is 2.39. The normalized spacial score (nSPS) is 27.3. The summed E-state index contributed by atoms with van der Waals surface area (Å²) in [6, 6.07) is 5.75. The van der Waals surface area contributed by atoms with Gasteiger partial charge in [-0.1, -0.05) is 18.2 Å². The van der Waals surface area contributed by atoms with Crippen LogP contribution in [-0.4, -0.2) is 95.8 Å². The van der Waals surface area contributed by atoms with Crippen molar-refractivity contribution >= 4 is 17.5 Å². The van der Waals surface area contributed by atoms with Crippen LogP contribution in [-0.2, 0) is 0 Å². The number of carbonyl (C=O) groups is 2. The number of nitrogens with one attached hydrogen (secondary N) is 1. The number of imidazole rings is 1. The zero-order valence-corrected chi connectivity index (χ0v) is 20.5. The second-order valence-electron chi connectivity index (χ2n) is 10.7. The lowest BCUT2D eigenvalue weighted by atomic mass is 9.79. The van der Waals surface area contributed by atoms with E-state index >= 15 is 0 Å². The summed E-state index contributed by atoms with van der Waals surface area (Å²) in [6.45, 7) is 4.30. The molecule has 2 fully saturated rings. The van der Waals surface area contributed by atoms with Gasteiger partial charge in [0.15, 0.2) is 0 Å². The predicted octanol–water partition coefficient (Wildman–Crippen LogP) is 2.13. The fourth-order valence-corrected chi connectivity index (χ4v) is 5.90. The first-order valence-electron chi connectivity index (χ1n) is 12.4. The molecule has 2 bridgehead atoms. The molecule has 1 saturated carbocycles. The first-order chi connectivity index (χ1) is 16.3. The summed E-state index contributed by atoms with van der Waals surface area (Å²) in [6.07, 6.45) is 10.9. The smallest absolute Gasteiger partial charge is 0.273 e. The van der Waals surface area contributed by atoms with Crippen LogP contribution in [0.1, 0.15) is 46.7 Å². The standard InChI is InChI=1S/C26H36N6O2/c1-29-12-13-30(2)20(15-29)16-31(3)25(34)21-17-32-22(7-4-8-23(32)28-21)24(33)27-18-26-10-5-6-19(14-26)9-11-26/h4-8,17,19-20H,9-16,18H2,1-3H3,(H,27,33). The number of hydrogen-bond acceptors (Lipinski definition) is 5. The third-order valence-corrected chi connectivity index (χ3v) is 8.08. The summed E-state index contributed by atoms with van der Waals surface area (Å²) in [5, 5.41) is 3.18. The molecule has 34 heavy (non-hydrogen) atoms. The van der Waals surface area contributed by atoms with E-state index in [4.69, 9.17) is 0 Å². The molecule has 1 saturated heterocycles. The van der Waals surface area contributed by atoms with Crippen LogP contribution in [0.15, 0.2) is 36.5 Å². The average molecular weight is 465 g/mol. The Balaban J connectivity index is 1.28. The lowest BCUT2D eigenvalue weighted by Gasteiger charge is -2.39. The summed E-state index contributed by atoms with van der Waals surface area (Å²) in [5.41, 5.74) is 1.68. The molecule has 3 atom stereocenters. The summed E-state index contributed by atoms with van der Waals surface area (Å²) in [4.78, 5) is 37.2. The maximum absolute atomic E-state index is 13.2. The molecule has 1 N–H and O–H groups in total. The minimum atomic E-state index is -0.124. The van der Waals surface area contributed by atoms with Crippen molar-refractivity contribution in [1.82, 2.24) is 29.4 Å². The van der Waals surface area contributed by atoms with Crippen LogP contribution in [0.5, 0.6) is 0 Å². The maximum atomic E-state index is 13.2. The van der Waals surface area contributed by atoms with Gasteiger partial charge < -0.3 is 15.1 Å². The lowest BCUT2D eigenvalue weighted by molar-refractivity contribution is 0.0630. The molecule has 0 aromatic carbocycles. The molecule has 0 spiro atoms. The van der Waals surface area contributed by atoms with Gasteiger partial charge in [-0.3, -0.25) is 18.9 Å². The number of piperazine rings is 1. The number of hydrogen-bond donors (Lipinski definition) is 1. The van der Waals surface area contributed by atoms with Crippen molar-refractivity contribution in [3.63, 3.8) is 0 Å². The molecule has 2 amide bonds. The Bertz CT molecular complexity index is 1110. The summed E-state index contributed by atoms with van der Waals surface area (Å²) in [5.74, 6) is 0.429. The molecular weight excluding hydrogens is 428 g/mol. The molecule has 2 aromatic heterocycles. The largest absolute Gasteiger partial charge is 0.350 e. The number of fused-ring (bicyclic) bond motifs is 3. The van der Waals surface area contributed by atoms with Crippen LogP contribution in [0.4, 0.5) is 0 Å². The van der Waals surface area contributed by atoms with Crippen LogP contribution < -0.4 is 5.32 Å². The highest BCUT2D eigenvalue weighted by Crippen LogP contribution is 2.47. The fraction of sp³-hybridized carbons (Fsp3) is 0.577. The van der Waals surface area contributed by atoms with E-state index < -0.39 is 0 Å². The van der Waals surface area contributed by atoms with Gasteiger partial charge in [0, 0.05) is 52.0 Å². The molecular formula is C26H36N6O2. The number of pyridine rings is 1. The van der Waals surface area contributed by atoms with Crippen molar-refractivity contribution in [3.05, 3.63) is 47.9 Å². The van der Waals surface area contributed by atoms with Crippen LogP contribution in [0, 0.1) is 11.3 Å². The Morgan fingerprint density at radius 3 is 2.97 bits per heavy atom. The van der Waals surface area contributed by atoms with E-state index in [2.05, 4.69) is 46.3 Å². The van der Waals surface area contributed by atoms with Crippen LogP contribution in [0.3, 0.4) is 0 Å². The number of likely N-dealkylation sites (N-methyl/N-ethyl adjacent to an activating group) is 3. The first kappa shape index (κ1) is 23.1. The number of rotatable bonds is 6. The molecule has 3 aliphatic rings. The molecule has 8 nitrogen and oxygen atoms in total. The van der Waals surface area contributed by atoms with Gasteiger partial charge in [-0.05, 0) is 63.2 Å². The molecule has 2 aliphatic carbocycles. The molecule has 182 valence electrons. The Morgan fingerprint density at radius 2 is 2.12 bits per heavy atom. The Labute approximate surface area is 201 Å². The molecule has 3 unspecified atom stereocenters. The number of allylic oxidation sites excluding steroid dienone is 2. The van der Waals surface area contributed by atoms with E-state index in [1.54, 1.807) is 21.6 Å². The van der Waals surface area contributed by atoms with Gasteiger partial charge >= 0.3 is 0 Å². The van der Waals surface area contributed by atoms with Crippen LogP contribution >= 0.6 is 0 Å². The SMILES string of the molecule is CN1CCN(C)C(CN(C)C(=O)c2cn3c(C(=O)NCC45CC=CC(CC4)C5)cccc3n2)C1. The Hall–Kier alpha value is -2.71. The van der Waals surface area contributed by atoms with Gasteiger partial charge in [-0.15, -0.1) is 0 Å². The monoisotopic (exact) mass is 464 g/mol. The highest BCUT2D eigenvalue weighted by molar-refractivity contribution is 5.95. The van der Waals surface area contributed by atoms with E-state index in [1.165, 1.54) is 6.42 Å². The van der Waals surface area contributed by atoms with Crippen molar-refractivity contribution in [2.24, 2.45) is 11.3 Å². The quantitative estimate of drug-likeness (QED) is 0.663. The second kappa shape index (κ2) is 9.15. The zero-order chi connectivity index (χ0) is 23.9. The minimum absolute atomic E-state index is 0.116. The lowest BCUT2D eigenvalue weighted by Crippen LogP contribution is -2.54. The first-order valence-corrected chi connectivity index (χ1v) is 12.4. The van der Waals surface area contributed by atoms with Gasteiger partial charge in [0.05, 0.1) is 0 Å². The summed E-state index contributed by atoms with van der Waals surface area (Å²) in [7, 11) is 6.06. The molecule has 5 rings (SSSR count). The third kappa shape index (κ3) is 4.49. The molecule has 0 radical (unpaired) electrons. The van der Waals surface area contributed by atoms with Gasteiger partial charge in [-0.2, -0.15) is 0 Å². The van der Waals surface area contributed by atoms with E-state index in [1.807, 2.05) is 19.2 Å². The Morgan fingerprint density at radius 1 is 1.26 bits per heavy atom. The average Bonchev–Trinajstić information content (AvgIpc) is 3.39. The molecule has 3 heterocycles. The minimum Gasteiger partial charge on any atom is -0.350 e. The number of aromatic nitrogens is 2.